The van der Waals surface area contributed by atoms with E-state index >= 15 is 0 Å². The number of rotatable bonds is 1. The molecule has 0 fully saturated rings. The number of hydrogen-bond acceptors (Lipinski definition) is 3. The molecule has 2 aromatic rings. The summed E-state index contributed by atoms with van der Waals surface area (Å²) < 4.78 is 21.1. The number of halogens is 2. The quantitative estimate of drug-likeness (QED) is 0.782. The van der Waals surface area contributed by atoms with E-state index in [0.717, 1.165) is 0 Å². The minimum Gasteiger partial charge on any atom is -0.363 e. The summed E-state index contributed by atoms with van der Waals surface area (Å²) in [5.41, 5.74) is 0.322. The normalized spacial score (nSPS) is 19.1. The summed E-state index contributed by atoms with van der Waals surface area (Å²) in [4.78, 5) is 4.10. The Morgan fingerprint density at radius 3 is 3.18 bits per heavy atom. The molecule has 0 saturated carbocycles. The second-order valence-corrected chi connectivity index (χ2v) is 4.13. The number of benzene rings is 1. The molecule has 88 valence electrons. The first-order valence-corrected chi connectivity index (χ1v) is 5.58. The van der Waals surface area contributed by atoms with Crippen LogP contribution in [0.2, 0.25) is 5.02 Å². The number of aromatic nitrogens is 3. The highest BCUT2D eigenvalue weighted by molar-refractivity contribution is 6.31. The van der Waals surface area contributed by atoms with Gasteiger partial charge in [0.1, 0.15) is 18.2 Å². The molecule has 1 atom stereocenters. The van der Waals surface area contributed by atoms with Crippen molar-refractivity contribution in [2.24, 2.45) is 0 Å². The summed E-state index contributed by atoms with van der Waals surface area (Å²) in [6.07, 6.45) is 0.853. The molecule has 2 heterocycles. The van der Waals surface area contributed by atoms with Crippen molar-refractivity contribution >= 4 is 11.6 Å². The van der Waals surface area contributed by atoms with E-state index in [0.29, 0.717) is 29.6 Å². The van der Waals surface area contributed by atoms with Crippen molar-refractivity contribution < 1.29 is 9.13 Å². The Bertz CT molecular complexity index is 537. The lowest BCUT2D eigenvalue weighted by Crippen LogP contribution is -2.24. The maximum absolute atomic E-state index is 13.8. The van der Waals surface area contributed by atoms with Crippen LogP contribution in [0.5, 0.6) is 0 Å². The molecule has 0 saturated heterocycles. The molecule has 1 aliphatic rings. The van der Waals surface area contributed by atoms with Gasteiger partial charge in [0.15, 0.2) is 5.82 Å². The van der Waals surface area contributed by atoms with E-state index in [1.54, 1.807) is 16.8 Å². The van der Waals surface area contributed by atoms with E-state index in [1.807, 2.05) is 0 Å². The third kappa shape index (κ3) is 1.71. The van der Waals surface area contributed by atoms with Crippen molar-refractivity contribution in [3.05, 3.63) is 46.8 Å². The SMILES string of the molecule is Fc1cccc(Cl)c1C1OCCn2ncnc21. The maximum atomic E-state index is 13.8. The van der Waals surface area contributed by atoms with Crippen LogP contribution in [0, 0.1) is 5.82 Å². The van der Waals surface area contributed by atoms with E-state index in [-0.39, 0.29) is 5.82 Å². The van der Waals surface area contributed by atoms with Gasteiger partial charge >= 0.3 is 0 Å². The van der Waals surface area contributed by atoms with Crippen LogP contribution >= 0.6 is 11.6 Å². The van der Waals surface area contributed by atoms with Gasteiger partial charge in [0.25, 0.3) is 0 Å². The van der Waals surface area contributed by atoms with Crippen LogP contribution in [0.3, 0.4) is 0 Å². The van der Waals surface area contributed by atoms with Crippen LogP contribution in [-0.2, 0) is 11.3 Å². The minimum absolute atomic E-state index is 0.322. The molecule has 1 unspecified atom stereocenters. The molecule has 4 nitrogen and oxygen atoms in total. The van der Waals surface area contributed by atoms with Crippen molar-refractivity contribution in [3.63, 3.8) is 0 Å². The second-order valence-electron chi connectivity index (χ2n) is 3.73. The Kier molecular flexibility index (Phi) is 2.57. The molecule has 3 rings (SSSR count). The zero-order valence-electron chi connectivity index (χ0n) is 8.81. The summed E-state index contributed by atoms with van der Waals surface area (Å²) in [7, 11) is 0. The molecule has 0 spiro atoms. The van der Waals surface area contributed by atoms with Crippen LogP contribution in [0.25, 0.3) is 0 Å². The van der Waals surface area contributed by atoms with Crippen molar-refractivity contribution in [2.75, 3.05) is 6.61 Å². The topological polar surface area (TPSA) is 39.9 Å². The highest BCUT2D eigenvalue weighted by Gasteiger charge is 2.29. The Labute approximate surface area is 102 Å². The number of fused-ring (bicyclic) bond motifs is 1. The van der Waals surface area contributed by atoms with Gasteiger partial charge in [0, 0.05) is 10.6 Å². The van der Waals surface area contributed by atoms with Gasteiger partial charge in [-0.2, -0.15) is 5.10 Å². The third-order valence-corrected chi connectivity index (χ3v) is 3.06. The molecular formula is C11H9ClFN3O. The lowest BCUT2D eigenvalue weighted by atomic mass is 10.1. The number of ether oxygens (including phenoxy) is 1. The lowest BCUT2D eigenvalue weighted by Gasteiger charge is -2.24. The largest absolute Gasteiger partial charge is 0.363 e. The molecular weight excluding hydrogens is 245 g/mol. The van der Waals surface area contributed by atoms with E-state index < -0.39 is 6.10 Å². The molecule has 1 aromatic carbocycles. The van der Waals surface area contributed by atoms with Gasteiger partial charge in [0.2, 0.25) is 0 Å². The molecule has 0 radical (unpaired) electrons. The molecule has 0 N–H and O–H groups in total. The zero-order chi connectivity index (χ0) is 11.8. The summed E-state index contributed by atoms with van der Waals surface area (Å²) in [6, 6.07) is 4.56. The molecule has 0 aliphatic carbocycles. The average Bonchev–Trinajstić information content (AvgIpc) is 2.77. The van der Waals surface area contributed by atoms with Crippen LogP contribution in [0.1, 0.15) is 17.5 Å². The van der Waals surface area contributed by atoms with E-state index in [4.69, 9.17) is 16.3 Å². The monoisotopic (exact) mass is 253 g/mol. The van der Waals surface area contributed by atoms with Crippen molar-refractivity contribution in [1.29, 1.82) is 0 Å². The fraction of sp³-hybridized carbons (Fsp3) is 0.273. The first-order valence-electron chi connectivity index (χ1n) is 5.20. The van der Waals surface area contributed by atoms with E-state index in [2.05, 4.69) is 10.1 Å². The first-order chi connectivity index (χ1) is 8.27. The van der Waals surface area contributed by atoms with Crippen LogP contribution < -0.4 is 0 Å². The Hall–Kier alpha value is -1.46. The van der Waals surface area contributed by atoms with Gasteiger partial charge in [0.05, 0.1) is 13.2 Å². The molecule has 0 amide bonds. The molecule has 17 heavy (non-hydrogen) atoms. The smallest absolute Gasteiger partial charge is 0.160 e. The Morgan fingerprint density at radius 1 is 1.47 bits per heavy atom. The number of nitrogens with zero attached hydrogens (tertiary/aromatic N) is 3. The van der Waals surface area contributed by atoms with Crippen LogP contribution in [-0.4, -0.2) is 21.4 Å². The summed E-state index contributed by atoms with van der Waals surface area (Å²) in [5, 5.41) is 4.39. The van der Waals surface area contributed by atoms with Crippen LogP contribution in [0.4, 0.5) is 4.39 Å². The van der Waals surface area contributed by atoms with E-state index in [9.17, 15) is 4.39 Å². The maximum Gasteiger partial charge on any atom is 0.160 e. The fourth-order valence-electron chi connectivity index (χ4n) is 1.95. The number of hydrogen-bond donors (Lipinski definition) is 0. The van der Waals surface area contributed by atoms with Crippen molar-refractivity contribution in [3.8, 4) is 0 Å². The molecule has 6 heteroatoms. The molecule has 1 aromatic heterocycles. The fourth-order valence-corrected chi connectivity index (χ4v) is 2.22. The molecule has 1 aliphatic heterocycles. The first kappa shape index (κ1) is 10.7. The zero-order valence-corrected chi connectivity index (χ0v) is 9.56. The van der Waals surface area contributed by atoms with Gasteiger partial charge in [-0.3, -0.25) is 0 Å². The predicted octanol–water partition coefficient (Wildman–Crippen LogP) is 2.19. The Balaban J connectivity index is 2.13. The van der Waals surface area contributed by atoms with E-state index in [1.165, 1.54) is 12.4 Å². The van der Waals surface area contributed by atoms with Gasteiger partial charge in [-0.15, -0.1) is 0 Å². The average molecular weight is 254 g/mol. The summed E-state index contributed by atoms with van der Waals surface area (Å²) in [6.45, 7) is 1.09. The van der Waals surface area contributed by atoms with Gasteiger partial charge < -0.3 is 4.74 Å². The Morgan fingerprint density at radius 2 is 2.35 bits per heavy atom. The standard InChI is InChI=1S/C11H9ClFN3O/c12-7-2-1-3-8(13)9(7)10-11-14-6-15-16(11)4-5-17-10/h1-3,6,10H,4-5H2. The summed E-state index contributed by atoms with van der Waals surface area (Å²) in [5.74, 6) is 0.196. The van der Waals surface area contributed by atoms with Gasteiger partial charge in [-0.25, -0.2) is 14.1 Å². The van der Waals surface area contributed by atoms with Gasteiger partial charge in [-0.05, 0) is 12.1 Å². The van der Waals surface area contributed by atoms with Crippen LogP contribution in [0.15, 0.2) is 24.5 Å². The minimum atomic E-state index is -0.583. The third-order valence-electron chi connectivity index (χ3n) is 2.73. The highest BCUT2D eigenvalue weighted by Crippen LogP contribution is 2.33. The predicted molar refractivity (Wildman–Crippen MR) is 59.2 cm³/mol. The lowest BCUT2D eigenvalue weighted by molar-refractivity contribution is 0.0370. The molecule has 0 bridgehead atoms. The highest BCUT2D eigenvalue weighted by atomic mass is 35.5. The second kappa shape index (κ2) is 4.09. The summed E-state index contributed by atoms with van der Waals surface area (Å²) >= 11 is 6.02. The van der Waals surface area contributed by atoms with Crippen molar-refractivity contribution in [2.45, 2.75) is 12.6 Å². The van der Waals surface area contributed by atoms with Crippen molar-refractivity contribution in [1.82, 2.24) is 14.8 Å². The van der Waals surface area contributed by atoms with Gasteiger partial charge in [-0.1, -0.05) is 17.7 Å².